The molecular formula is C12H24N2O2. The number of ether oxygens (including phenoxy) is 1. The van der Waals surface area contributed by atoms with E-state index < -0.39 is 0 Å². The third kappa shape index (κ3) is 4.37. The van der Waals surface area contributed by atoms with Crippen LogP contribution in [0.1, 0.15) is 12.8 Å². The maximum absolute atomic E-state index is 9.98. The minimum absolute atomic E-state index is 0.221. The van der Waals surface area contributed by atoms with E-state index in [2.05, 4.69) is 16.8 Å². The van der Waals surface area contributed by atoms with Crippen LogP contribution in [0.25, 0.3) is 0 Å². The van der Waals surface area contributed by atoms with Gasteiger partial charge in [-0.15, -0.1) is 0 Å². The Balaban J connectivity index is 1.60. The van der Waals surface area contributed by atoms with E-state index in [0.717, 1.165) is 51.9 Å². The smallest absolute Gasteiger partial charge is 0.0793 e. The lowest BCUT2D eigenvalue weighted by molar-refractivity contribution is 0.00848. The van der Waals surface area contributed by atoms with E-state index in [4.69, 9.17) is 4.74 Å². The quantitative estimate of drug-likeness (QED) is 0.695. The fourth-order valence-corrected chi connectivity index (χ4v) is 2.32. The van der Waals surface area contributed by atoms with Gasteiger partial charge in [0.1, 0.15) is 0 Å². The Hall–Kier alpha value is -0.160. The summed E-state index contributed by atoms with van der Waals surface area (Å²) < 4.78 is 5.29. The predicted molar refractivity (Wildman–Crippen MR) is 63.5 cm³/mol. The Morgan fingerprint density at radius 1 is 1.38 bits per heavy atom. The minimum atomic E-state index is -0.221. The average molecular weight is 228 g/mol. The summed E-state index contributed by atoms with van der Waals surface area (Å²) in [6.45, 7) is 6.29. The number of aliphatic hydroxyl groups is 1. The highest BCUT2D eigenvalue weighted by Crippen LogP contribution is 2.29. The lowest BCUT2D eigenvalue weighted by Gasteiger charge is -2.30. The van der Waals surface area contributed by atoms with Gasteiger partial charge < -0.3 is 14.7 Å². The summed E-state index contributed by atoms with van der Waals surface area (Å²) in [4.78, 5) is 4.56. The van der Waals surface area contributed by atoms with Crippen molar-refractivity contribution >= 4 is 0 Å². The summed E-state index contributed by atoms with van der Waals surface area (Å²) >= 11 is 0. The number of likely N-dealkylation sites (N-methyl/N-ethyl adjacent to an activating group) is 1. The van der Waals surface area contributed by atoms with E-state index in [-0.39, 0.29) is 6.10 Å². The third-order valence-corrected chi connectivity index (χ3v) is 3.36. The second-order valence-electron chi connectivity index (χ2n) is 5.23. The van der Waals surface area contributed by atoms with Crippen LogP contribution in [-0.4, -0.2) is 74.0 Å². The van der Waals surface area contributed by atoms with Crippen LogP contribution >= 0.6 is 0 Å². The number of hydrogen-bond acceptors (Lipinski definition) is 4. The first-order valence-electron chi connectivity index (χ1n) is 6.41. The molecule has 2 aliphatic rings. The van der Waals surface area contributed by atoms with Crippen molar-refractivity contribution < 1.29 is 9.84 Å². The van der Waals surface area contributed by atoms with Crippen molar-refractivity contribution in [1.82, 2.24) is 9.80 Å². The Bertz CT molecular complexity index is 203. The fourth-order valence-electron chi connectivity index (χ4n) is 2.32. The highest BCUT2D eigenvalue weighted by Gasteiger charge is 2.24. The summed E-state index contributed by atoms with van der Waals surface area (Å²) in [5, 5.41) is 9.98. The van der Waals surface area contributed by atoms with Gasteiger partial charge in [0.15, 0.2) is 0 Å². The average Bonchev–Trinajstić information content (AvgIpc) is 3.02. The van der Waals surface area contributed by atoms with Crippen molar-refractivity contribution in [3.05, 3.63) is 0 Å². The van der Waals surface area contributed by atoms with Gasteiger partial charge in [-0.25, -0.2) is 0 Å². The third-order valence-electron chi connectivity index (χ3n) is 3.36. The normalized spacial score (nSPS) is 24.9. The van der Waals surface area contributed by atoms with Crippen molar-refractivity contribution in [3.63, 3.8) is 0 Å². The Morgan fingerprint density at radius 2 is 2.06 bits per heavy atom. The summed E-state index contributed by atoms with van der Waals surface area (Å²) in [6.07, 6.45) is 2.54. The van der Waals surface area contributed by atoms with Gasteiger partial charge >= 0.3 is 0 Å². The van der Waals surface area contributed by atoms with Crippen LogP contribution in [0.3, 0.4) is 0 Å². The lowest BCUT2D eigenvalue weighted by Crippen LogP contribution is -2.44. The van der Waals surface area contributed by atoms with E-state index in [0.29, 0.717) is 0 Å². The number of nitrogens with zero attached hydrogens (tertiary/aromatic N) is 2. The molecule has 94 valence electrons. The molecule has 0 spiro atoms. The van der Waals surface area contributed by atoms with E-state index in [1.807, 2.05) is 0 Å². The zero-order chi connectivity index (χ0) is 11.4. The zero-order valence-corrected chi connectivity index (χ0v) is 10.3. The molecule has 0 amide bonds. The van der Waals surface area contributed by atoms with Crippen LogP contribution in [0.5, 0.6) is 0 Å². The molecule has 16 heavy (non-hydrogen) atoms. The first-order chi connectivity index (χ1) is 7.74. The second-order valence-corrected chi connectivity index (χ2v) is 5.23. The summed E-state index contributed by atoms with van der Waals surface area (Å²) in [5.74, 6) is 0.903. The van der Waals surface area contributed by atoms with Crippen molar-refractivity contribution in [3.8, 4) is 0 Å². The standard InChI is InChI=1S/C12H24N2O2/c1-13(8-11-2-3-11)9-12(15)10-14-4-6-16-7-5-14/h11-12,15H,2-10H2,1H3. The zero-order valence-electron chi connectivity index (χ0n) is 10.3. The molecule has 1 aliphatic carbocycles. The summed E-state index contributed by atoms with van der Waals surface area (Å²) in [7, 11) is 2.11. The SMILES string of the molecule is CN(CC(O)CN1CCOCC1)CC1CC1. The highest BCUT2D eigenvalue weighted by atomic mass is 16.5. The Labute approximate surface area is 98.2 Å². The van der Waals surface area contributed by atoms with Gasteiger partial charge in [-0.05, 0) is 25.8 Å². The van der Waals surface area contributed by atoms with Crippen molar-refractivity contribution in [2.24, 2.45) is 5.92 Å². The van der Waals surface area contributed by atoms with Gasteiger partial charge in [0, 0.05) is 32.7 Å². The molecular weight excluding hydrogens is 204 g/mol. The van der Waals surface area contributed by atoms with E-state index in [9.17, 15) is 5.11 Å². The number of morpholine rings is 1. The Morgan fingerprint density at radius 3 is 2.69 bits per heavy atom. The molecule has 2 fully saturated rings. The molecule has 4 nitrogen and oxygen atoms in total. The fraction of sp³-hybridized carbons (Fsp3) is 1.00. The van der Waals surface area contributed by atoms with Crippen LogP contribution in [0.4, 0.5) is 0 Å². The molecule has 0 bridgehead atoms. The topological polar surface area (TPSA) is 35.9 Å². The second kappa shape index (κ2) is 5.96. The maximum atomic E-state index is 9.98. The van der Waals surface area contributed by atoms with Gasteiger partial charge in [0.2, 0.25) is 0 Å². The van der Waals surface area contributed by atoms with Gasteiger partial charge in [-0.2, -0.15) is 0 Å². The van der Waals surface area contributed by atoms with Crippen LogP contribution in [0.15, 0.2) is 0 Å². The molecule has 0 aromatic rings. The van der Waals surface area contributed by atoms with Gasteiger partial charge in [0.05, 0.1) is 19.3 Å². The van der Waals surface area contributed by atoms with Gasteiger partial charge in [0.25, 0.3) is 0 Å². The summed E-state index contributed by atoms with van der Waals surface area (Å²) in [6, 6.07) is 0. The summed E-state index contributed by atoms with van der Waals surface area (Å²) in [5.41, 5.74) is 0. The van der Waals surface area contributed by atoms with Crippen LogP contribution < -0.4 is 0 Å². The Kier molecular flexibility index (Phi) is 4.58. The predicted octanol–water partition coefficient (Wildman–Crippen LogP) is 0.0213. The molecule has 1 saturated heterocycles. The highest BCUT2D eigenvalue weighted by molar-refractivity contribution is 4.77. The van der Waals surface area contributed by atoms with Crippen LogP contribution in [0.2, 0.25) is 0 Å². The van der Waals surface area contributed by atoms with Crippen molar-refractivity contribution in [2.75, 3.05) is 53.0 Å². The molecule has 0 radical (unpaired) electrons. The number of aliphatic hydroxyl groups excluding tert-OH is 1. The van der Waals surface area contributed by atoms with Crippen LogP contribution in [-0.2, 0) is 4.74 Å². The monoisotopic (exact) mass is 228 g/mol. The molecule has 4 heteroatoms. The maximum Gasteiger partial charge on any atom is 0.0793 e. The number of rotatable bonds is 6. The molecule has 0 aromatic heterocycles. The van der Waals surface area contributed by atoms with Gasteiger partial charge in [-0.3, -0.25) is 4.90 Å². The first kappa shape index (κ1) is 12.3. The number of hydrogen-bond donors (Lipinski definition) is 1. The minimum Gasteiger partial charge on any atom is -0.390 e. The van der Waals surface area contributed by atoms with E-state index >= 15 is 0 Å². The molecule has 0 aromatic carbocycles. The molecule has 2 rings (SSSR count). The molecule has 1 aliphatic heterocycles. The van der Waals surface area contributed by atoms with Crippen molar-refractivity contribution in [1.29, 1.82) is 0 Å². The first-order valence-corrected chi connectivity index (χ1v) is 6.41. The number of β-amino-alcohol motifs (C(OH)–C–C–N with tert-alkyl or cyclic N) is 1. The molecule has 1 atom stereocenters. The van der Waals surface area contributed by atoms with Gasteiger partial charge in [-0.1, -0.05) is 0 Å². The lowest BCUT2D eigenvalue weighted by atomic mass is 10.2. The molecule has 1 N–H and O–H groups in total. The van der Waals surface area contributed by atoms with Crippen molar-refractivity contribution in [2.45, 2.75) is 18.9 Å². The molecule has 1 unspecified atom stereocenters. The van der Waals surface area contributed by atoms with Crippen LogP contribution in [0, 0.1) is 5.92 Å². The molecule has 1 saturated carbocycles. The molecule has 1 heterocycles. The largest absolute Gasteiger partial charge is 0.390 e. The van der Waals surface area contributed by atoms with E-state index in [1.165, 1.54) is 12.8 Å². The van der Waals surface area contributed by atoms with E-state index in [1.54, 1.807) is 0 Å².